The van der Waals surface area contributed by atoms with Gasteiger partial charge in [0.2, 0.25) is 0 Å². The third kappa shape index (κ3) is 4.14. The van der Waals surface area contributed by atoms with Crippen LogP contribution in [-0.4, -0.2) is 36.1 Å². The summed E-state index contributed by atoms with van der Waals surface area (Å²) in [6, 6.07) is 17.1. The molecule has 0 unspecified atom stereocenters. The third-order valence-electron chi connectivity index (χ3n) is 4.35. The topological polar surface area (TPSA) is 64.7 Å². The fraction of sp³-hybridized carbons (Fsp3) is 0.300. The van der Waals surface area contributed by atoms with Crippen molar-refractivity contribution in [3.05, 3.63) is 60.2 Å². The Bertz CT molecular complexity index is 776. The minimum absolute atomic E-state index is 0.0581. The van der Waals surface area contributed by atoms with Gasteiger partial charge in [-0.1, -0.05) is 36.4 Å². The maximum absolute atomic E-state index is 12.8. The smallest absolute Gasteiger partial charge is 0.322 e. The van der Waals surface area contributed by atoms with Crippen LogP contribution < -0.4 is 15.5 Å². The van der Waals surface area contributed by atoms with E-state index in [1.165, 1.54) is 0 Å². The number of hydrogen-bond donors (Lipinski definition) is 2. The van der Waals surface area contributed by atoms with Crippen molar-refractivity contribution < 1.29 is 9.59 Å². The molecule has 0 saturated carbocycles. The number of rotatable bonds is 5. The maximum Gasteiger partial charge on any atom is 0.322 e. The van der Waals surface area contributed by atoms with Gasteiger partial charge in [0.15, 0.2) is 0 Å². The number of benzene rings is 2. The van der Waals surface area contributed by atoms with Crippen LogP contribution in [-0.2, 0) is 6.54 Å². The maximum atomic E-state index is 12.8. The Labute approximate surface area is 153 Å². The van der Waals surface area contributed by atoms with Crippen LogP contribution in [0.5, 0.6) is 0 Å². The Morgan fingerprint density at radius 2 is 1.96 bits per heavy atom. The minimum atomic E-state index is -0.160. The molecule has 1 fully saturated rings. The molecule has 1 aliphatic heterocycles. The fourth-order valence-corrected chi connectivity index (χ4v) is 2.93. The standard InChI is InChI=1S/C20H24N4O2/c1-15(2)24(14-16-7-4-3-5-8-16)20(26)22-17-9-6-10-18(13-17)23-12-11-21-19(23)25/h3-10,13,15H,11-12,14H2,1-2H3,(H,21,25)(H,22,26). The van der Waals surface area contributed by atoms with Gasteiger partial charge in [-0.2, -0.15) is 0 Å². The normalized spacial score (nSPS) is 13.7. The lowest BCUT2D eigenvalue weighted by molar-refractivity contribution is 0.193. The number of nitrogens with one attached hydrogen (secondary N) is 2. The largest absolute Gasteiger partial charge is 0.336 e. The molecule has 0 aromatic heterocycles. The zero-order valence-electron chi connectivity index (χ0n) is 15.1. The summed E-state index contributed by atoms with van der Waals surface area (Å²) in [6.07, 6.45) is 0. The van der Waals surface area contributed by atoms with Gasteiger partial charge in [0.25, 0.3) is 0 Å². The van der Waals surface area contributed by atoms with Crippen molar-refractivity contribution in [2.24, 2.45) is 0 Å². The van der Waals surface area contributed by atoms with E-state index in [1.807, 2.05) is 68.4 Å². The second kappa shape index (κ2) is 7.91. The SMILES string of the molecule is CC(C)N(Cc1ccccc1)C(=O)Nc1cccc(N2CCNC2=O)c1. The lowest BCUT2D eigenvalue weighted by atomic mass is 10.2. The van der Waals surface area contributed by atoms with E-state index in [1.54, 1.807) is 9.80 Å². The summed E-state index contributed by atoms with van der Waals surface area (Å²) in [5.74, 6) is 0. The van der Waals surface area contributed by atoms with E-state index in [2.05, 4.69) is 10.6 Å². The van der Waals surface area contributed by atoms with E-state index in [9.17, 15) is 9.59 Å². The summed E-state index contributed by atoms with van der Waals surface area (Å²) >= 11 is 0. The first-order valence-electron chi connectivity index (χ1n) is 8.81. The van der Waals surface area contributed by atoms with E-state index < -0.39 is 0 Å². The van der Waals surface area contributed by atoms with Crippen LogP contribution in [0.25, 0.3) is 0 Å². The molecule has 0 bridgehead atoms. The Morgan fingerprint density at radius 1 is 1.19 bits per heavy atom. The average Bonchev–Trinajstić information content (AvgIpc) is 3.06. The zero-order valence-corrected chi connectivity index (χ0v) is 15.1. The summed E-state index contributed by atoms with van der Waals surface area (Å²) in [4.78, 5) is 28.1. The van der Waals surface area contributed by atoms with Gasteiger partial charge in [0.05, 0.1) is 0 Å². The zero-order chi connectivity index (χ0) is 18.5. The Kier molecular flexibility index (Phi) is 5.41. The number of carbonyl (C=O) groups excluding carboxylic acids is 2. The molecule has 26 heavy (non-hydrogen) atoms. The van der Waals surface area contributed by atoms with Gasteiger partial charge < -0.3 is 15.5 Å². The second-order valence-corrected chi connectivity index (χ2v) is 6.57. The lowest BCUT2D eigenvalue weighted by Crippen LogP contribution is -2.39. The first kappa shape index (κ1) is 17.8. The minimum Gasteiger partial charge on any atom is -0.336 e. The fourth-order valence-electron chi connectivity index (χ4n) is 2.93. The number of hydrogen-bond acceptors (Lipinski definition) is 2. The van der Waals surface area contributed by atoms with Crippen molar-refractivity contribution in [3.8, 4) is 0 Å². The van der Waals surface area contributed by atoms with Crippen molar-refractivity contribution in [2.75, 3.05) is 23.3 Å². The van der Waals surface area contributed by atoms with Gasteiger partial charge in [0, 0.05) is 37.1 Å². The highest BCUT2D eigenvalue weighted by molar-refractivity contribution is 5.95. The predicted octanol–water partition coefficient (Wildman–Crippen LogP) is 3.66. The molecule has 0 aliphatic carbocycles. The molecule has 0 atom stereocenters. The van der Waals surface area contributed by atoms with Crippen molar-refractivity contribution in [1.29, 1.82) is 0 Å². The highest BCUT2D eigenvalue weighted by Gasteiger charge is 2.22. The van der Waals surface area contributed by atoms with Crippen LogP contribution in [0.4, 0.5) is 21.0 Å². The molecule has 1 saturated heterocycles. The van der Waals surface area contributed by atoms with Gasteiger partial charge in [-0.25, -0.2) is 9.59 Å². The molecular formula is C20H24N4O2. The molecule has 2 aromatic rings. The molecule has 2 aromatic carbocycles. The third-order valence-corrected chi connectivity index (χ3v) is 4.35. The molecule has 4 amide bonds. The number of nitrogens with zero attached hydrogens (tertiary/aromatic N) is 2. The molecule has 3 rings (SSSR count). The Balaban J connectivity index is 1.72. The highest BCUT2D eigenvalue weighted by Crippen LogP contribution is 2.21. The van der Waals surface area contributed by atoms with Crippen molar-refractivity contribution in [3.63, 3.8) is 0 Å². The predicted molar refractivity (Wildman–Crippen MR) is 103 cm³/mol. The van der Waals surface area contributed by atoms with Gasteiger partial charge in [-0.15, -0.1) is 0 Å². The van der Waals surface area contributed by atoms with Crippen molar-refractivity contribution >= 4 is 23.4 Å². The molecule has 2 N–H and O–H groups in total. The number of urea groups is 2. The number of amides is 4. The van der Waals surface area contributed by atoms with Crippen LogP contribution in [0.3, 0.4) is 0 Å². The van der Waals surface area contributed by atoms with E-state index in [-0.39, 0.29) is 18.1 Å². The molecule has 6 nitrogen and oxygen atoms in total. The van der Waals surface area contributed by atoms with Gasteiger partial charge in [-0.3, -0.25) is 4.90 Å². The first-order chi connectivity index (χ1) is 12.5. The summed E-state index contributed by atoms with van der Waals surface area (Å²) in [6.45, 7) is 5.79. The molecule has 0 radical (unpaired) electrons. The van der Waals surface area contributed by atoms with Gasteiger partial charge in [-0.05, 0) is 37.6 Å². The quantitative estimate of drug-likeness (QED) is 0.862. The molecular weight excluding hydrogens is 328 g/mol. The van der Waals surface area contributed by atoms with Crippen molar-refractivity contribution in [2.45, 2.75) is 26.4 Å². The van der Waals surface area contributed by atoms with Crippen LogP contribution in [0.1, 0.15) is 19.4 Å². The van der Waals surface area contributed by atoms with E-state index in [4.69, 9.17) is 0 Å². The van der Waals surface area contributed by atoms with E-state index in [0.717, 1.165) is 11.3 Å². The van der Waals surface area contributed by atoms with E-state index >= 15 is 0 Å². The summed E-state index contributed by atoms with van der Waals surface area (Å²) in [5.41, 5.74) is 2.53. The van der Waals surface area contributed by atoms with Crippen LogP contribution in [0.15, 0.2) is 54.6 Å². The number of anilines is 2. The molecule has 1 aliphatic rings. The molecule has 6 heteroatoms. The Hall–Kier alpha value is -3.02. The Morgan fingerprint density at radius 3 is 2.62 bits per heavy atom. The van der Waals surface area contributed by atoms with Gasteiger partial charge in [0.1, 0.15) is 0 Å². The van der Waals surface area contributed by atoms with Crippen molar-refractivity contribution in [1.82, 2.24) is 10.2 Å². The second-order valence-electron chi connectivity index (χ2n) is 6.57. The van der Waals surface area contributed by atoms with Crippen LogP contribution in [0, 0.1) is 0 Å². The van der Waals surface area contributed by atoms with Crippen LogP contribution in [0.2, 0.25) is 0 Å². The van der Waals surface area contributed by atoms with E-state index in [0.29, 0.717) is 25.3 Å². The van der Waals surface area contributed by atoms with Gasteiger partial charge >= 0.3 is 12.1 Å². The lowest BCUT2D eigenvalue weighted by Gasteiger charge is -2.27. The number of carbonyl (C=O) groups is 2. The molecule has 1 heterocycles. The van der Waals surface area contributed by atoms with Crippen LogP contribution >= 0.6 is 0 Å². The summed E-state index contributed by atoms with van der Waals surface area (Å²) < 4.78 is 0. The molecule has 136 valence electrons. The monoisotopic (exact) mass is 352 g/mol. The highest BCUT2D eigenvalue weighted by atomic mass is 16.2. The first-order valence-corrected chi connectivity index (χ1v) is 8.81. The average molecular weight is 352 g/mol. The molecule has 0 spiro atoms. The summed E-state index contributed by atoms with van der Waals surface area (Å²) in [5, 5.41) is 5.73. The summed E-state index contributed by atoms with van der Waals surface area (Å²) in [7, 11) is 0.